The lowest BCUT2D eigenvalue weighted by Gasteiger charge is -2.09. The first kappa shape index (κ1) is 12.5. The number of nitro benzene ring substituents is 1. The lowest BCUT2D eigenvalue weighted by atomic mass is 10.1. The SMILES string of the molecule is Cc1cccc([N+](=O)[O-])c1Nc1ccc(Br)cn1. The minimum Gasteiger partial charge on any atom is -0.334 e. The van der Waals surface area contributed by atoms with Crippen molar-refractivity contribution in [2.45, 2.75) is 6.92 Å². The van der Waals surface area contributed by atoms with Gasteiger partial charge in [0.15, 0.2) is 0 Å². The molecule has 1 heterocycles. The number of hydrogen-bond donors (Lipinski definition) is 1. The number of aryl methyl sites for hydroxylation is 1. The van der Waals surface area contributed by atoms with Crippen molar-refractivity contribution in [1.29, 1.82) is 0 Å². The summed E-state index contributed by atoms with van der Waals surface area (Å²) >= 11 is 3.28. The highest BCUT2D eigenvalue weighted by molar-refractivity contribution is 9.10. The summed E-state index contributed by atoms with van der Waals surface area (Å²) in [5.41, 5.74) is 1.31. The Morgan fingerprint density at radius 3 is 2.72 bits per heavy atom. The van der Waals surface area contributed by atoms with Crippen LogP contribution in [0.25, 0.3) is 0 Å². The molecule has 2 aromatic rings. The zero-order valence-corrected chi connectivity index (χ0v) is 11.1. The fraction of sp³-hybridized carbons (Fsp3) is 0.0833. The van der Waals surface area contributed by atoms with E-state index in [-0.39, 0.29) is 5.69 Å². The fourth-order valence-electron chi connectivity index (χ4n) is 1.54. The van der Waals surface area contributed by atoms with E-state index in [1.807, 2.05) is 19.1 Å². The van der Waals surface area contributed by atoms with Crippen LogP contribution in [0.2, 0.25) is 0 Å². The summed E-state index contributed by atoms with van der Waals surface area (Å²) in [6.07, 6.45) is 1.63. The number of nitrogens with one attached hydrogen (secondary N) is 1. The van der Waals surface area contributed by atoms with Crippen LogP contribution < -0.4 is 5.32 Å². The number of halogens is 1. The van der Waals surface area contributed by atoms with Gasteiger partial charge in [-0.15, -0.1) is 0 Å². The Labute approximate surface area is 112 Å². The second-order valence-electron chi connectivity index (χ2n) is 3.71. The molecule has 0 unspecified atom stereocenters. The van der Waals surface area contributed by atoms with Gasteiger partial charge in [0.1, 0.15) is 11.5 Å². The zero-order valence-electron chi connectivity index (χ0n) is 9.55. The molecule has 0 atom stereocenters. The van der Waals surface area contributed by atoms with Crippen LogP contribution in [0.15, 0.2) is 41.0 Å². The highest BCUT2D eigenvalue weighted by Crippen LogP contribution is 2.30. The minimum atomic E-state index is -0.409. The average molecular weight is 308 g/mol. The average Bonchev–Trinajstić information content (AvgIpc) is 2.34. The molecular formula is C12H10BrN3O2. The summed E-state index contributed by atoms with van der Waals surface area (Å²) in [5.74, 6) is 0.565. The summed E-state index contributed by atoms with van der Waals surface area (Å²) in [4.78, 5) is 14.7. The topological polar surface area (TPSA) is 68.1 Å². The summed E-state index contributed by atoms with van der Waals surface area (Å²) in [5, 5.41) is 13.9. The third-order valence-corrected chi connectivity index (χ3v) is 2.90. The van der Waals surface area contributed by atoms with E-state index < -0.39 is 4.92 Å². The normalized spacial score (nSPS) is 10.1. The van der Waals surface area contributed by atoms with E-state index in [0.29, 0.717) is 11.5 Å². The van der Waals surface area contributed by atoms with Crippen LogP contribution in [0.3, 0.4) is 0 Å². The molecule has 92 valence electrons. The predicted octanol–water partition coefficient (Wildman–Crippen LogP) is 3.80. The molecule has 0 saturated carbocycles. The van der Waals surface area contributed by atoms with Gasteiger partial charge in [0.05, 0.1) is 4.92 Å². The standard InChI is InChI=1S/C12H10BrN3O2/c1-8-3-2-4-10(16(17)18)12(8)15-11-6-5-9(13)7-14-11/h2-7H,1H3,(H,14,15). The van der Waals surface area contributed by atoms with E-state index in [2.05, 4.69) is 26.2 Å². The number of anilines is 2. The third kappa shape index (κ3) is 2.65. The maximum atomic E-state index is 11.0. The molecule has 5 nitrogen and oxygen atoms in total. The van der Waals surface area contributed by atoms with Crippen molar-refractivity contribution in [3.8, 4) is 0 Å². The molecule has 0 aliphatic heterocycles. The number of nitrogens with zero attached hydrogens (tertiary/aromatic N) is 2. The maximum absolute atomic E-state index is 11.0. The van der Waals surface area contributed by atoms with Gasteiger partial charge in [-0.3, -0.25) is 10.1 Å². The second-order valence-corrected chi connectivity index (χ2v) is 4.63. The van der Waals surface area contributed by atoms with Crippen molar-refractivity contribution in [2.24, 2.45) is 0 Å². The van der Waals surface area contributed by atoms with Gasteiger partial charge >= 0.3 is 0 Å². The Hall–Kier alpha value is -1.95. The number of nitro groups is 1. The first-order valence-corrected chi connectivity index (χ1v) is 6.00. The fourth-order valence-corrected chi connectivity index (χ4v) is 1.78. The highest BCUT2D eigenvalue weighted by atomic mass is 79.9. The Bertz CT molecular complexity index is 584. The van der Waals surface area contributed by atoms with Crippen LogP contribution in [0.4, 0.5) is 17.2 Å². The molecule has 0 saturated heterocycles. The molecule has 0 amide bonds. The van der Waals surface area contributed by atoms with Gasteiger partial charge < -0.3 is 5.32 Å². The number of benzene rings is 1. The molecule has 1 N–H and O–H groups in total. The number of aromatic nitrogens is 1. The van der Waals surface area contributed by atoms with Crippen LogP contribution in [0.1, 0.15) is 5.56 Å². The highest BCUT2D eigenvalue weighted by Gasteiger charge is 2.15. The Morgan fingerprint density at radius 2 is 2.11 bits per heavy atom. The van der Waals surface area contributed by atoms with E-state index in [4.69, 9.17) is 0 Å². The van der Waals surface area contributed by atoms with Crippen LogP contribution >= 0.6 is 15.9 Å². The number of pyridine rings is 1. The lowest BCUT2D eigenvalue weighted by Crippen LogP contribution is -2.00. The lowest BCUT2D eigenvalue weighted by molar-refractivity contribution is -0.384. The first-order chi connectivity index (χ1) is 8.58. The van der Waals surface area contributed by atoms with Crippen molar-refractivity contribution < 1.29 is 4.92 Å². The smallest absolute Gasteiger partial charge is 0.292 e. The zero-order chi connectivity index (χ0) is 13.1. The van der Waals surface area contributed by atoms with Crippen molar-refractivity contribution in [2.75, 3.05) is 5.32 Å². The maximum Gasteiger partial charge on any atom is 0.292 e. The predicted molar refractivity (Wildman–Crippen MR) is 73.1 cm³/mol. The largest absolute Gasteiger partial charge is 0.334 e. The molecule has 18 heavy (non-hydrogen) atoms. The summed E-state index contributed by atoms with van der Waals surface area (Å²) in [7, 11) is 0. The van der Waals surface area contributed by atoms with Crippen LogP contribution in [0, 0.1) is 17.0 Å². The van der Waals surface area contributed by atoms with E-state index in [0.717, 1.165) is 10.0 Å². The number of rotatable bonds is 3. The molecule has 0 radical (unpaired) electrons. The number of para-hydroxylation sites is 1. The molecular weight excluding hydrogens is 298 g/mol. The van der Waals surface area contributed by atoms with Crippen LogP contribution in [-0.4, -0.2) is 9.91 Å². The summed E-state index contributed by atoms with van der Waals surface area (Å²) in [6.45, 7) is 1.81. The molecule has 6 heteroatoms. The number of hydrogen-bond acceptors (Lipinski definition) is 4. The van der Waals surface area contributed by atoms with E-state index >= 15 is 0 Å². The Balaban J connectivity index is 2.39. The summed E-state index contributed by atoms with van der Waals surface area (Å²) < 4.78 is 0.854. The van der Waals surface area contributed by atoms with Gasteiger partial charge in [0, 0.05) is 16.7 Å². The molecule has 2 rings (SSSR count). The monoisotopic (exact) mass is 307 g/mol. The van der Waals surface area contributed by atoms with Crippen molar-refractivity contribution >= 4 is 33.1 Å². The molecule has 1 aromatic carbocycles. The quantitative estimate of drug-likeness (QED) is 0.691. The van der Waals surface area contributed by atoms with Gasteiger partial charge in [-0.25, -0.2) is 4.98 Å². The Morgan fingerprint density at radius 1 is 1.33 bits per heavy atom. The first-order valence-electron chi connectivity index (χ1n) is 5.20. The molecule has 0 fully saturated rings. The van der Waals surface area contributed by atoms with Crippen molar-refractivity contribution in [3.05, 3.63) is 56.7 Å². The van der Waals surface area contributed by atoms with Crippen LogP contribution in [0.5, 0.6) is 0 Å². The molecule has 1 aromatic heterocycles. The second kappa shape index (κ2) is 5.14. The third-order valence-electron chi connectivity index (χ3n) is 2.43. The van der Waals surface area contributed by atoms with E-state index in [9.17, 15) is 10.1 Å². The molecule has 0 spiro atoms. The van der Waals surface area contributed by atoms with Gasteiger partial charge in [0.2, 0.25) is 0 Å². The van der Waals surface area contributed by atoms with Crippen molar-refractivity contribution in [3.63, 3.8) is 0 Å². The summed E-state index contributed by atoms with van der Waals surface area (Å²) in [6, 6.07) is 8.51. The van der Waals surface area contributed by atoms with Gasteiger partial charge in [0.25, 0.3) is 5.69 Å². The van der Waals surface area contributed by atoms with Crippen molar-refractivity contribution in [1.82, 2.24) is 4.98 Å². The van der Waals surface area contributed by atoms with Gasteiger partial charge in [-0.1, -0.05) is 12.1 Å². The molecule has 0 aliphatic carbocycles. The van der Waals surface area contributed by atoms with E-state index in [1.165, 1.54) is 6.07 Å². The Kier molecular flexibility index (Phi) is 3.57. The molecule has 0 bridgehead atoms. The van der Waals surface area contributed by atoms with Gasteiger partial charge in [-0.2, -0.15) is 0 Å². The molecule has 0 aliphatic rings. The van der Waals surface area contributed by atoms with Gasteiger partial charge in [-0.05, 0) is 40.5 Å². The van der Waals surface area contributed by atoms with E-state index in [1.54, 1.807) is 18.3 Å². The van der Waals surface area contributed by atoms with Crippen LogP contribution in [-0.2, 0) is 0 Å². The minimum absolute atomic E-state index is 0.0414.